The Morgan fingerprint density at radius 1 is 1.16 bits per heavy atom. The van der Waals surface area contributed by atoms with Gasteiger partial charge in [0.2, 0.25) is 5.91 Å². The summed E-state index contributed by atoms with van der Waals surface area (Å²) in [5.74, 6) is -0.620. The number of benzene rings is 2. The number of hydrogen-bond donors (Lipinski definition) is 2. The van der Waals surface area contributed by atoms with Gasteiger partial charge in [-0.2, -0.15) is 0 Å². The van der Waals surface area contributed by atoms with Gasteiger partial charge >= 0.3 is 0 Å². The molecule has 1 aromatic heterocycles. The highest BCUT2D eigenvalue weighted by atomic mass is 32.2. The van der Waals surface area contributed by atoms with Crippen LogP contribution >= 0.6 is 0 Å². The molecule has 25 heavy (non-hydrogen) atoms. The van der Waals surface area contributed by atoms with Crippen LogP contribution in [0.3, 0.4) is 0 Å². The Labute approximate surface area is 144 Å². The molecule has 2 aromatic carbocycles. The van der Waals surface area contributed by atoms with Gasteiger partial charge < -0.3 is 10.3 Å². The lowest BCUT2D eigenvalue weighted by atomic mass is 10.1. The molecule has 2 N–H and O–H groups in total. The molecule has 5 nitrogen and oxygen atoms in total. The van der Waals surface area contributed by atoms with Gasteiger partial charge in [-0.1, -0.05) is 0 Å². The number of anilines is 1. The normalized spacial score (nSPS) is 11.6. The molecule has 1 amide bonds. The third kappa shape index (κ3) is 3.71. The van der Waals surface area contributed by atoms with Crippen LogP contribution in [0.2, 0.25) is 0 Å². The van der Waals surface area contributed by atoms with Crippen molar-refractivity contribution in [2.75, 3.05) is 11.6 Å². The minimum Gasteiger partial charge on any atom is -0.358 e. The smallest absolute Gasteiger partial charge is 0.228 e. The van der Waals surface area contributed by atoms with Gasteiger partial charge in [0.15, 0.2) is 9.84 Å². The van der Waals surface area contributed by atoms with Crippen molar-refractivity contribution in [1.29, 1.82) is 0 Å². The molecule has 0 fully saturated rings. The molecule has 0 aliphatic rings. The number of carbonyl (C=O) groups excluding carboxylic acids is 1. The van der Waals surface area contributed by atoms with E-state index in [9.17, 15) is 17.6 Å². The van der Waals surface area contributed by atoms with Crippen LogP contribution in [0, 0.1) is 12.7 Å². The first-order valence-corrected chi connectivity index (χ1v) is 9.50. The second-order valence-corrected chi connectivity index (χ2v) is 7.96. The fourth-order valence-corrected chi connectivity index (χ4v) is 3.36. The summed E-state index contributed by atoms with van der Waals surface area (Å²) in [5, 5.41) is 3.40. The van der Waals surface area contributed by atoms with Crippen molar-refractivity contribution >= 4 is 32.3 Å². The largest absolute Gasteiger partial charge is 0.358 e. The van der Waals surface area contributed by atoms with Crippen LogP contribution < -0.4 is 5.32 Å². The zero-order valence-corrected chi connectivity index (χ0v) is 14.6. The standard InChI is InChI=1S/C18H17FN2O3S/c1-11-15(16-9-12(19)3-8-17(16)20-11)10-18(22)21-13-4-6-14(7-5-13)25(2,23)24/h3-9,20H,10H2,1-2H3,(H,21,22). The van der Waals surface area contributed by atoms with E-state index < -0.39 is 9.84 Å². The Morgan fingerprint density at radius 3 is 2.48 bits per heavy atom. The van der Waals surface area contributed by atoms with Gasteiger partial charge in [-0.3, -0.25) is 4.79 Å². The molecular weight excluding hydrogens is 343 g/mol. The van der Waals surface area contributed by atoms with Gasteiger partial charge in [-0.15, -0.1) is 0 Å². The second-order valence-electron chi connectivity index (χ2n) is 5.94. The third-order valence-corrected chi connectivity index (χ3v) is 5.11. The molecule has 130 valence electrons. The van der Waals surface area contributed by atoms with E-state index in [-0.39, 0.29) is 23.0 Å². The first kappa shape index (κ1) is 17.2. The SMILES string of the molecule is Cc1[nH]c2ccc(F)cc2c1CC(=O)Nc1ccc(S(C)(=O)=O)cc1. The number of nitrogens with one attached hydrogen (secondary N) is 2. The zero-order valence-electron chi connectivity index (χ0n) is 13.8. The summed E-state index contributed by atoms with van der Waals surface area (Å²) in [5.41, 5.74) is 2.82. The fraction of sp³-hybridized carbons (Fsp3) is 0.167. The summed E-state index contributed by atoms with van der Waals surface area (Å²) in [7, 11) is -3.28. The van der Waals surface area contributed by atoms with Crippen LogP contribution in [0.5, 0.6) is 0 Å². The Hall–Kier alpha value is -2.67. The highest BCUT2D eigenvalue weighted by Gasteiger charge is 2.14. The maximum absolute atomic E-state index is 13.5. The number of sulfone groups is 1. The lowest BCUT2D eigenvalue weighted by Gasteiger charge is -2.07. The van der Waals surface area contributed by atoms with Crippen LogP contribution in [0.4, 0.5) is 10.1 Å². The molecule has 0 bridgehead atoms. The van der Waals surface area contributed by atoms with E-state index in [0.29, 0.717) is 11.1 Å². The molecule has 1 heterocycles. The first-order chi connectivity index (χ1) is 11.7. The van der Waals surface area contributed by atoms with Crippen molar-refractivity contribution in [3.8, 4) is 0 Å². The number of fused-ring (bicyclic) bond motifs is 1. The number of halogens is 1. The highest BCUT2D eigenvalue weighted by molar-refractivity contribution is 7.90. The Morgan fingerprint density at radius 2 is 1.84 bits per heavy atom. The fourth-order valence-electron chi connectivity index (χ4n) is 2.73. The summed E-state index contributed by atoms with van der Waals surface area (Å²) in [6.45, 7) is 1.83. The van der Waals surface area contributed by atoms with Gasteiger partial charge in [0.05, 0.1) is 11.3 Å². The van der Waals surface area contributed by atoms with Crippen LogP contribution in [0.1, 0.15) is 11.3 Å². The molecule has 0 radical (unpaired) electrons. The maximum atomic E-state index is 13.5. The first-order valence-electron chi connectivity index (χ1n) is 7.61. The predicted octanol–water partition coefficient (Wildman–Crippen LogP) is 3.20. The molecule has 0 saturated carbocycles. The van der Waals surface area contributed by atoms with Crippen molar-refractivity contribution < 1.29 is 17.6 Å². The number of aryl methyl sites for hydroxylation is 1. The minimum atomic E-state index is -3.28. The van der Waals surface area contributed by atoms with Gasteiger partial charge in [0.25, 0.3) is 0 Å². The van der Waals surface area contributed by atoms with Crippen LogP contribution in [-0.2, 0) is 21.1 Å². The van der Waals surface area contributed by atoms with Gasteiger partial charge in [0.1, 0.15) is 5.82 Å². The minimum absolute atomic E-state index is 0.0864. The van der Waals surface area contributed by atoms with E-state index in [2.05, 4.69) is 10.3 Å². The Kier molecular flexibility index (Phi) is 4.34. The predicted molar refractivity (Wildman–Crippen MR) is 94.9 cm³/mol. The molecule has 0 atom stereocenters. The third-order valence-electron chi connectivity index (χ3n) is 3.99. The number of aromatic nitrogens is 1. The van der Waals surface area contributed by atoms with Crippen LogP contribution in [0.25, 0.3) is 10.9 Å². The summed E-state index contributed by atoms with van der Waals surface area (Å²) < 4.78 is 36.4. The quantitative estimate of drug-likeness (QED) is 0.750. The van der Waals surface area contributed by atoms with E-state index in [1.807, 2.05) is 6.92 Å². The molecule has 0 aliphatic heterocycles. The summed E-state index contributed by atoms with van der Waals surface area (Å²) in [6, 6.07) is 10.4. The van der Waals surface area contributed by atoms with Crippen molar-refractivity contribution in [3.05, 3.63) is 59.5 Å². The lowest BCUT2D eigenvalue weighted by Crippen LogP contribution is -2.14. The summed E-state index contributed by atoms with van der Waals surface area (Å²) >= 11 is 0. The van der Waals surface area contributed by atoms with Crippen molar-refractivity contribution in [1.82, 2.24) is 4.98 Å². The molecule has 3 aromatic rings. The zero-order chi connectivity index (χ0) is 18.2. The topological polar surface area (TPSA) is 79.0 Å². The van der Waals surface area contributed by atoms with Crippen LogP contribution in [0.15, 0.2) is 47.4 Å². The highest BCUT2D eigenvalue weighted by Crippen LogP contribution is 2.24. The van der Waals surface area contributed by atoms with Gasteiger partial charge in [0, 0.05) is 28.5 Å². The van der Waals surface area contributed by atoms with E-state index in [4.69, 9.17) is 0 Å². The second kappa shape index (κ2) is 6.33. The lowest BCUT2D eigenvalue weighted by molar-refractivity contribution is -0.115. The number of hydrogen-bond acceptors (Lipinski definition) is 3. The molecule has 7 heteroatoms. The molecule has 3 rings (SSSR count). The van der Waals surface area contributed by atoms with Crippen molar-refractivity contribution in [2.45, 2.75) is 18.2 Å². The number of amides is 1. The molecule has 0 unspecified atom stereocenters. The van der Waals surface area contributed by atoms with Crippen molar-refractivity contribution in [3.63, 3.8) is 0 Å². The number of aromatic amines is 1. The molecule has 0 aliphatic carbocycles. The van der Waals surface area contributed by atoms with E-state index in [1.54, 1.807) is 6.07 Å². The van der Waals surface area contributed by atoms with Crippen LogP contribution in [-0.4, -0.2) is 25.6 Å². The number of carbonyl (C=O) groups is 1. The average molecular weight is 360 g/mol. The van der Waals surface area contributed by atoms with Gasteiger partial charge in [-0.25, -0.2) is 12.8 Å². The number of rotatable bonds is 4. The van der Waals surface area contributed by atoms with Crippen molar-refractivity contribution in [2.24, 2.45) is 0 Å². The average Bonchev–Trinajstić information content (AvgIpc) is 2.82. The van der Waals surface area contributed by atoms with E-state index >= 15 is 0 Å². The number of H-pyrrole nitrogens is 1. The molecule has 0 saturated heterocycles. The summed E-state index contributed by atoms with van der Waals surface area (Å²) in [6.07, 6.45) is 1.21. The Bertz CT molecular complexity index is 1050. The molecule has 0 spiro atoms. The van der Waals surface area contributed by atoms with E-state index in [0.717, 1.165) is 23.0 Å². The Balaban J connectivity index is 1.79. The van der Waals surface area contributed by atoms with Gasteiger partial charge in [-0.05, 0) is 55.0 Å². The van der Waals surface area contributed by atoms with E-state index in [1.165, 1.54) is 36.4 Å². The maximum Gasteiger partial charge on any atom is 0.228 e. The molecular formula is C18H17FN2O3S. The summed E-state index contributed by atoms with van der Waals surface area (Å²) in [4.78, 5) is 15.6. The monoisotopic (exact) mass is 360 g/mol.